The Bertz CT molecular complexity index is 194. The number of morpholine rings is 1. The second-order valence-electron chi connectivity index (χ2n) is 3.85. The molecule has 0 bridgehead atoms. The second-order valence-corrected chi connectivity index (χ2v) is 4.24. The lowest BCUT2D eigenvalue weighted by atomic mass is 10.0. The van der Waals surface area contributed by atoms with Gasteiger partial charge in [0.15, 0.2) is 5.11 Å². The summed E-state index contributed by atoms with van der Waals surface area (Å²) in [6.07, 6.45) is 0. The van der Waals surface area contributed by atoms with Crippen molar-refractivity contribution < 1.29 is 4.74 Å². The van der Waals surface area contributed by atoms with Crippen LogP contribution >= 0.6 is 12.2 Å². The van der Waals surface area contributed by atoms with Crippen LogP contribution in [0.5, 0.6) is 0 Å². The average molecular weight is 202 g/mol. The number of thiocarbonyl (C=S) groups is 1. The van der Waals surface area contributed by atoms with Crippen LogP contribution in [0.4, 0.5) is 0 Å². The molecule has 76 valence electrons. The van der Waals surface area contributed by atoms with E-state index in [0.717, 1.165) is 31.4 Å². The van der Waals surface area contributed by atoms with Gasteiger partial charge in [0.2, 0.25) is 0 Å². The van der Waals surface area contributed by atoms with Gasteiger partial charge in [-0.2, -0.15) is 0 Å². The van der Waals surface area contributed by atoms with Crippen LogP contribution < -0.4 is 5.32 Å². The van der Waals surface area contributed by atoms with Crippen molar-refractivity contribution in [1.82, 2.24) is 10.2 Å². The van der Waals surface area contributed by atoms with Gasteiger partial charge in [-0.25, -0.2) is 0 Å². The van der Waals surface area contributed by atoms with Crippen molar-refractivity contribution in [3.05, 3.63) is 0 Å². The van der Waals surface area contributed by atoms with Crippen LogP contribution in [-0.4, -0.2) is 41.9 Å². The van der Waals surface area contributed by atoms with Crippen molar-refractivity contribution in [2.24, 2.45) is 0 Å². The van der Waals surface area contributed by atoms with Crippen molar-refractivity contribution in [2.45, 2.75) is 26.3 Å². The molecule has 1 rings (SSSR count). The van der Waals surface area contributed by atoms with Crippen LogP contribution in [0.2, 0.25) is 0 Å². The van der Waals surface area contributed by atoms with Gasteiger partial charge in [-0.05, 0) is 33.0 Å². The van der Waals surface area contributed by atoms with Crippen molar-refractivity contribution in [3.8, 4) is 0 Å². The summed E-state index contributed by atoms with van der Waals surface area (Å²) in [5.74, 6) is 0. The molecule has 1 heterocycles. The Balaban J connectivity index is 2.59. The molecule has 0 atom stereocenters. The highest BCUT2D eigenvalue weighted by Gasteiger charge is 2.31. The lowest BCUT2D eigenvalue weighted by molar-refractivity contribution is -0.0152. The summed E-state index contributed by atoms with van der Waals surface area (Å²) >= 11 is 5.28. The number of hydrogen-bond donors (Lipinski definition) is 1. The third kappa shape index (κ3) is 2.54. The Kier molecular flexibility index (Phi) is 3.50. The lowest BCUT2D eigenvalue weighted by Gasteiger charge is -2.43. The predicted octanol–water partition coefficient (Wildman–Crippen LogP) is 0.992. The van der Waals surface area contributed by atoms with Crippen LogP contribution in [0, 0.1) is 0 Å². The lowest BCUT2D eigenvalue weighted by Crippen LogP contribution is -2.58. The smallest absolute Gasteiger partial charge is 0.169 e. The van der Waals surface area contributed by atoms with Crippen molar-refractivity contribution in [2.75, 3.05) is 26.3 Å². The van der Waals surface area contributed by atoms with Crippen molar-refractivity contribution >= 4 is 17.3 Å². The van der Waals surface area contributed by atoms with Gasteiger partial charge in [-0.3, -0.25) is 0 Å². The van der Waals surface area contributed by atoms with Gasteiger partial charge in [0, 0.05) is 13.1 Å². The predicted molar refractivity (Wildman–Crippen MR) is 57.9 cm³/mol. The molecular weight excluding hydrogens is 184 g/mol. The summed E-state index contributed by atoms with van der Waals surface area (Å²) in [6, 6.07) is 0. The van der Waals surface area contributed by atoms with Gasteiger partial charge in [-0.15, -0.1) is 0 Å². The molecular formula is C9H18N2OS. The summed E-state index contributed by atoms with van der Waals surface area (Å²) in [7, 11) is 0. The fourth-order valence-corrected chi connectivity index (χ4v) is 1.96. The quantitative estimate of drug-likeness (QED) is 0.641. The molecule has 0 aromatic rings. The molecule has 0 aromatic heterocycles. The number of nitrogens with zero attached hydrogens (tertiary/aromatic N) is 1. The van der Waals surface area contributed by atoms with E-state index in [9.17, 15) is 0 Å². The molecule has 4 heteroatoms. The van der Waals surface area contributed by atoms with E-state index in [1.54, 1.807) is 0 Å². The van der Waals surface area contributed by atoms with Crippen LogP contribution in [-0.2, 0) is 4.74 Å². The summed E-state index contributed by atoms with van der Waals surface area (Å²) < 4.78 is 5.41. The first-order valence-corrected chi connectivity index (χ1v) is 5.12. The highest BCUT2D eigenvalue weighted by molar-refractivity contribution is 7.80. The normalized spacial score (nSPS) is 21.3. The largest absolute Gasteiger partial charge is 0.377 e. The topological polar surface area (TPSA) is 24.5 Å². The first-order valence-electron chi connectivity index (χ1n) is 4.71. The Morgan fingerprint density at radius 3 is 2.85 bits per heavy atom. The number of rotatable bonds is 1. The zero-order chi connectivity index (χ0) is 9.90. The van der Waals surface area contributed by atoms with E-state index in [4.69, 9.17) is 17.0 Å². The molecule has 0 aromatic carbocycles. The van der Waals surface area contributed by atoms with Crippen molar-refractivity contribution in [3.63, 3.8) is 0 Å². The Labute approximate surface area is 85.4 Å². The van der Waals surface area contributed by atoms with Gasteiger partial charge < -0.3 is 15.0 Å². The number of ether oxygens (including phenoxy) is 1. The highest BCUT2D eigenvalue weighted by Crippen LogP contribution is 2.18. The molecule has 1 saturated heterocycles. The minimum Gasteiger partial charge on any atom is -0.377 e. The molecule has 0 amide bonds. The van der Waals surface area contributed by atoms with Gasteiger partial charge in [0.1, 0.15) is 0 Å². The van der Waals surface area contributed by atoms with Gasteiger partial charge in [0.05, 0.1) is 18.8 Å². The maximum atomic E-state index is 5.41. The zero-order valence-electron chi connectivity index (χ0n) is 8.59. The minimum absolute atomic E-state index is 0.0253. The standard InChI is InChI=1S/C9H18N2OS/c1-4-10-8(13)11-5-6-12-7-9(11,2)3/h4-7H2,1-3H3,(H,10,13). The Morgan fingerprint density at radius 1 is 1.62 bits per heavy atom. The second kappa shape index (κ2) is 4.24. The highest BCUT2D eigenvalue weighted by atomic mass is 32.1. The number of nitrogens with one attached hydrogen (secondary N) is 1. The van der Waals surface area contributed by atoms with E-state index in [0.29, 0.717) is 0 Å². The minimum atomic E-state index is 0.0253. The summed E-state index contributed by atoms with van der Waals surface area (Å²) in [5, 5.41) is 4.02. The van der Waals surface area contributed by atoms with Crippen LogP contribution in [0.25, 0.3) is 0 Å². The molecule has 1 aliphatic rings. The van der Waals surface area contributed by atoms with E-state index in [1.807, 2.05) is 0 Å². The molecule has 1 aliphatic heterocycles. The maximum absolute atomic E-state index is 5.41. The van der Waals surface area contributed by atoms with E-state index >= 15 is 0 Å². The molecule has 1 fully saturated rings. The molecule has 0 saturated carbocycles. The van der Waals surface area contributed by atoms with Crippen LogP contribution in [0.1, 0.15) is 20.8 Å². The molecule has 1 N–H and O–H groups in total. The number of hydrogen-bond acceptors (Lipinski definition) is 2. The Hall–Kier alpha value is -0.350. The van der Waals surface area contributed by atoms with Crippen LogP contribution in [0.3, 0.4) is 0 Å². The van der Waals surface area contributed by atoms with Crippen molar-refractivity contribution in [1.29, 1.82) is 0 Å². The van der Waals surface area contributed by atoms with Gasteiger partial charge >= 0.3 is 0 Å². The van der Waals surface area contributed by atoms with E-state index in [1.165, 1.54) is 0 Å². The van der Waals surface area contributed by atoms with Gasteiger partial charge in [-0.1, -0.05) is 0 Å². The molecule has 3 nitrogen and oxygen atoms in total. The van der Waals surface area contributed by atoms with E-state index in [2.05, 4.69) is 31.0 Å². The SMILES string of the molecule is CCNC(=S)N1CCOCC1(C)C. The van der Waals surface area contributed by atoms with Gasteiger partial charge in [0.25, 0.3) is 0 Å². The average Bonchev–Trinajstić information content (AvgIpc) is 2.03. The Morgan fingerprint density at radius 2 is 2.31 bits per heavy atom. The fourth-order valence-electron chi connectivity index (χ4n) is 1.48. The first kappa shape index (κ1) is 10.7. The monoisotopic (exact) mass is 202 g/mol. The summed E-state index contributed by atoms with van der Waals surface area (Å²) in [4.78, 5) is 2.20. The summed E-state index contributed by atoms with van der Waals surface area (Å²) in [6.45, 7) is 9.64. The summed E-state index contributed by atoms with van der Waals surface area (Å²) in [5.41, 5.74) is 0.0253. The third-order valence-corrected chi connectivity index (χ3v) is 2.58. The van der Waals surface area contributed by atoms with E-state index in [-0.39, 0.29) is 5.54 Å². The zero-order valence-corrected chi connectivity index (χ0v) is 9.41. The molecule has 0 aliphatic carbocycles. The van der Waals surface area contributed by atoms with E-state index < -0.39 is 0 Å². The molecule has 13 heavy (non-hydrogen) atoms. The first-order chi connectivity index (χ1) is 6.08. The third-order valence-electron chi connectivity index (χ3n) is 2.22. The molecule has 0 unspecified atom stereocenters. The molecule has 0 spiro atoms. The van der Waals surface area contributed by atoms with Crippen LogP contribution in [0.15, 0.2) is 0 Å². The fraction of sp³-hybridized carbons (Fsp3) is 0.889. The maximum Gasteiger partial charge on any atom is 0.169 e. The molecule has 0 radical (unpaired) electrons.